The van der Waals surface area contributed by atoms with Gasteiger partial charge < -0.3 is 9.64 Å². The highest BCUT2D eigenvalue weighted by Crippen LogP contribution is 2.28. The van der Waals surface area contributed by atoms with E-state index in [-0.39, 0.29) is 23.6 Å². The van der Waals surface area contributed by atoms with E-state index in [1.54, 1.807) is 32.7 Å². The third kappa shape index (κ3) is 4.86. The van der Waals surface area contributed by atoms with Gasteiger partial charge in [-0.05, 0) is 39.0 Å². The number of anilines is 1. The van der Waals surface area contributed by atoms with Gasteiger partial charge in [-0.15, -0.1) is 0 Å². The van der Waals surface area contributed by atoms with Gasteiger partial charge in [-0.25, -0.2) is 9.78 Å². The quantitative estimate of drug-likeness (QED) is 0.560. The third-order valence-electron chi connectivity index (χ3n) is 3.90. The van der Waals surface area contributed by atoms with Gasteiger partial charge in [-0.2, -0.15) is 5.26 Å². The van der Waals surface area contributed by atoms with E-state index in [0.717, 1.165) is 5.69 Å². The summed E-state index contributed by atoms with van der Waals surface area (Å²) in [5.74, 6) is -0.618. The zero-order chi connectivity index (χ0) is 20.0. The number of hydrogen-bond donors (Lipinski definition) is 0. The molecule has 27 heavy (non-hydrogen) atoms. The van der Waals surface area contributed by atoms with Crippen molar-refractivity contribution in [2.24, 2.45) is 0 Å². The minimum absolute atomic E-state index is 0.107. The summed E-state index contributed by atoms with van der Waals surface area (Å²) in [6.07, 6.45) is 0. The van der Waals surface area contributed by atoms with Gasteiger partial charge in [0.1, 0.15) is 11.1 Å². The number of hydrogen-bond acceptors (Lipinski definition) is 6. The second-order valence-electron chi connectivity index (χ2n) is 5.80. The first-order valence-electron chi connectivity index (χ1n) is 8.47. The van der Waals surface area contributed by atoms with Crippen LogP contribution in [0.25, 0.3) is 0 Å². The molecule has 1 heterocycles. The Labute approximate surface area is 163 Å². The van der Waals surface area contributed by atoms with E-state index in [1.165, 1.54) is 17.8 Å². The number of thioether (sulfide) groups is 1. The van der Waals surface area contributed by atoms with Crippen molar-refractivity contribution < 1.29 is 14.3 Å². The Hall–Kier alpha value is -2.85. The van der Waals surface area contributed by atoms with Crippen LogP contribution in [0.2, 0.25) is 0 Å². The second kappa shape index (κ2) is 9.19. The fraction of sp³-hybridized carbons (Fsp3) is 0.300. The number of amides is 1. The predicted molar refractivity (Wildman–Crippen MR) is 105 cm³/mol. The van der Waals surface area contributed by atoms with Crippen LogP contribution in [0.1, 0.15) is 35.5 Å². The van der Waals surface area contributed by atoms with Gasteiger partial charge in [0.05, 0.1) is 28.7 Å². The molecule has 1 atom stereocenters. The monoisotopic (exact) mass is 383 g/mol. The van der Waals surface area contributed by atoms with E-state index < -0.39 is 11.2 Å². The van der Waals surface area contributed by atoms with Gasteiger partial charge >= 0.3 is 5.97 Å². The van der Waals surface area contributed by atoms with Crippen LogP contribution < -0.4 is 4.90 Å². The first kappa shape index (κ1) is 20.5. The Morgan fingerprint density at radius 2 is 2.00 bits per heavy atom. The fourth-order valence-corrected chi connectivity index (χ4v) is 3.45. The molecule has 0 bridgehead atoms. The van der Waals surface area contributed by atoms with Crippen LogP contribution in [0.15, 0.2) is 41.4 Å². The number of nitriles is 1. The van der Waals surface area contributed by atoms with Crippen molar-refractivity contribution in [3.8, 4) is 6.07 Å². The first-order chi connectivity index (χ1) is 12.9. The minimum atomic E-state index is -0.511. The van der Waals surface area contributed by atoms with Gasteiger partial charge in [0.15, 0.2) is 0 Å². The lowest BCUT2D eigenvalue weighted by atomic mass is 10.1. The number of benzene rings is 1. The number of nitrogens with zero attached hydrogens (tertiary/aromatic N) is 3. The highest BCUT2D eigenvalue weighted by molar-refractivity contribution is 8.00. The van der Waals surface area contributed by atoms with E-state index in [4.69, 9.17) is 4.74 Å². The SMILES string of the molecule is CCOC(=O)c1cc(C#N)c(S[C@@H](C)C(=O)N(C)c2ccccc2)nc1C. The van der Waals surface area contributed by atoms with Crippen molar-refractivity contribution in [3.05, 3.63) is 53.2 Å². The van der Waals surface area contributed by atoms with E-state index in [9.17, 15) is 14.9 Å². The van der Waals surface area contributed by atoms with E-state index in [0.29, 0.717) is 10.7 Å². The summed E-state index contributed by atoms with van der Waals surface area (Å²) in [5, 5.41) is 9.40. The topological polar surface area (TPSA) is 83.3 Å². The molecule has 1 amide bonds. The molecule has 0 saturated heterocycles. The molecule has 1 aromatic heterocycles. The molecule has 1 aromatic carbocycles. The summed E-state index contributed by atoms with van der Waals surface area (Å²) >= 11 is 1.20. The molecule has 0 aliphatic rings. The smallest absolute Gasteiger partial charge is 0.340 e. The van der Waals surface area contributed by atoms with E-state index in [1.807, 2.05) is 36.4 Å². The number of para-hydroxylation sites is 1. The molecule has 0 fully saturated rings. The summed E-state index contributed by atoms with van der Waals surface area (Å²) in [7, 11) is 1.71. The van der Waals surface area contributed by atoms with Crippen LogP contribution in [0, 0.1) is 18.3 Å². The fourth-order valence-electron chi connectivity index (χ4n) is 2.44. The molecule has 0 aliphatic carbocycles. The molecule has 0 unspecified atom stereocenters. The number of carbonyl (C=O) groups is 2. The van der Waals surface area contributed by atoms with Crippen molar-refractivity contribution in [1.29, 1.82) is 5.26 Å². The highest BCUT2D eigenvalue weighted by atomic mass is 32.2. The maximum Gasteiger partial charge on any atom is 0.340 e. The summed E-state index contributed by atoms with van der Waals surface area (Å²) in [6, 6.07) is 12.8. The lowest BCUT2D eigenvalue weighted by Gasteiger charge is -2.21. The lowest BCUT2D eigenvalue weighted by Crippen LogP contribution is -2.33. The van der Waals surface area contributed by atoms with Crippen molar-refractivity contribution in [1.82, 2.24) is 4.98 Å². The second-order valence-corrected chi connectivity index (χ2v) is 7.13. The number of carbonyl (C=O) groups excluding carboxylic acids is 2. The first-order valence-corrected chi connectivity index (χ1v) is 9.35. The molecule has 7 heteroatoms. The van der Waals surface area contributed by atoms with Crippen LogP contribution in [-0.4, -0.2) is 35.8 Å². The number of aryl methyl sites for hydroxylation is 1. The highest BCUT2D eigenvalue weighted by Gasteiger charge is 2.23. The summed E-state index contributed by atoms with van der Waals surface area (Å²) in [6.45, 7) is 5.41. The predicted octanol–water partition coefficient (Wildman–Crippen LogP) is 3.58. The number of esters is 1. The summed E-state index contributed by atoms with van der Waals surface area (Å²) in [4.78, 5) is 30.6. The Balaban J connectivity index is 2.23. The number of ether oxygens (including phenoxy) is 1. The summed E-state index contributed by atoms with van der Waals surface area (Å²) in [5.41, 5.74) is 1.76. The molecule has 140 valence electrons. The van der Waals surface area contributed by atoms with Crippen LogP contribution in [0.5, 0.6) is 0 Å². The molecular formula is C20H21N3O3S. The lowest BCUT2D eigenvalue weighted by molar-refractivity contribution is -0.117. The largest absolute Gasteiger partial charge is 0.462 e. The van der Waals surface area contributed by atoms with Crippen LogP contribution >= 0.6 is 11.8 Å². The Kier molecular flexibility index (Phi) is 6.97. The Bertz CT molecular complexity index is 878. The molecule has 2 rings (SSSR count). The number of pyridine rings is 1. The van der Waals surface area contributed by atoms with Crippen molar-refractivity contribution in [2.45, 2.75) is 31.0 Å². The van der Waals surface area contributed by atoms with Crippen LogP contribution in [0.4, 0.5) is 5.69 Å². The van der Waals surface area contributed by atoms with Crippen molar-refractivity contribution in [2.75, 3.05) is 18.6 Å². The van der Waals surface area contributed by atoms with E-state index >= 15 is 0 Å². The molecule has 0 spiro atoms. The zero-order valence-corrected chi connectivity index (χ0v) is 16.5. The number of aromatic nitrogens is 1. The standard InChI is InChI=1S/C20H21N3O3S/c1-5-26-20(25)17-11-15(12-21)18(22-13(17)2)27-14(3)19(24)23(4)16-9-7-6-8-10-16/h6-11,14H,5H2,1-4H3/t14-/m0/s1. The molecule has 0 N–H and O–H groups in total. The molecule has 0 saturated carbocycles. The molecule has 6 nitrogen and oxygen atoms in total. The van der Waals surface area contributed by atoms with Crippen LogP contribution in [-0.2, 0) is 9.53 Å². The molecule has 0 radical (unpaired) electrons. The van der Waals surface area contributed by atoms with Gasteiger partial charge in [0, 0.05) is 12.7 Å². The average molecular weight is 383 g/mol. The third-order valence-corrected chi connectivity index (χ3v) is 4.99. The molecular weight excluding hydrogens is 362 g/mol. The van der Waals surface area contributed by atoms with Crippen molar-refractivity contribution in [3.63, 3.8) is 0 Å². The molecule has 0 aliphatic heterocycles. The zero-order valence-electron chi connectivity index (χ0n) is 15.7. The van der Waals surface area contributed by atoms with Crippen molar-refractivity contribution >= 4 is 29.3 Å². The van der Waals surface area contributed by atoms with Gasteiger partial charge in [0.25, 0.3) is 0 Å². The summed E-state index contributed by atoms with van der Waals surface area (Å²) < 4.78 is 4.99. The minimum Gasteiger partial charge on any atom is -0.462 e. The van der Waals surface area contributed by atoms with Gasteiger partial charge in [-0.1, -0.05) is 30.0 Å². The Morgan fingerprint density at radius 1 is 1.33 bits per heavy atom. The van der Waals surface area contributed by atoms with E-state index in [2.05, 4.69) is 4.98 Å². The van der Waals surface area contributed by atoms with Gasteiger partial charge in [0.2, 0.25) is 5.91 Å². The maximum absolute atomic E-state index is 12.7. The van der Waals surface area contributed by atoms with Crippen LogP contribution in [0.3, 0.4) is 0 Å². The van der Waals surface area contributed by atoms with Gasteiger partial charge in [-0.3, -0.25) is 4.79 Å². The molecule has 2 aromatic rings. The Morgan fingerprint density at radius 3 is 2.59 bits per heavy atom. The number of rotatable bonds is 6. The maximum atomic E-state index is 12.7. The normalized spacial score (nSPS) is 11.4. The average Bonchev–Trinajstić information content (AvgIpc) is 2.67.